The van der Waals surface area contributed by atoms with Crippen molar-refractivity contribution in [1.29, 1.82) is 0 Å². The third-order valence-corrected chi connectivity index (χ3v) is 3.77. The number of halogens is 4. The number of guanidine groups is 1. The molecule has 0 amide bonds. The van der Waals surface area contributed by atoms with Gasteiger partial charge in [0.05, 0.1) is 19.1 Å². The van der Waals surface area contributed by atoms with Gasteiger partial charge in [-0.2, -0.15) is 13.2 Å². The van der Waals surface area contributed by atoms with Crippen LogP contribution in [0.4, 0.5) is 13.2 Å². The number of ether oxygens (including phenoxy) is 1. The lowest BCUT2D eigenvalue weighted by Crippen LogP contribution is -2.38. The molecule has 0 aromatic heterocycles. The summed E-state index contributed by atoms with van der Waals surface area (Å²) in [5.74, 6) is 1.18. The van der Waals surface area contributed by atoms with Gasteiger partial charge in [0.2, 0.25) is 0 Å². The Labute approximate surface area is 163 Å². The highest BCUT2D eigenvalue weighted by atomic mass is 127. The van der Waals surface area contributed by atoms with Crippen LogP contribution >= 0.6 is 24.0 Å². The minimum absolute atomic E-state index is 0. The lowest BCUT2D eigenvalue weighted by Gasteiger charge is -2.27. The van der Waals surface area contributed by atoms with Gasteiger partial charge in [0, 0.05) is 18.7 Å². The molecular formula is C17H25F3IN3O. The Bertz CT molecular complexity index is 548. The predicted molar refractivity (Wildman–Crippen MR) is 104 cm³/mol. The molecule has 142 valence electrons. The van der Waals surface area contributed by atoms with Gasteiger partial charge in [0.1, 0.15) is 5.75 Å². The molecule has 1 aliphatic carbocycles. The summed E-state index contributed by atoms with van der Waals surface area (Å²) in [5.41, 5.74) is 0.928. The first-order valence-electron chi connectivity index (χ1n) is 8.31. The summed E-state index contributed by atoms with van der Waals surface area (Å²) in [4.78, 5) is 4.36. The number of nitrogens with zero attached hydrogens (tertiary/aromatic N) is 1. The van der Waals surface area contributed by atoms with E-state index in [-0.39, 0.29) is 36.6 Å². The van der Waals surface area contributed by atoms with E-state index in [1.807, 2.05) is 31.2 Å². The minimum Gasteiger partial charge on any atom is -0.490 e. The van der Waals surface area contributed by atoms with Crippen LogP contribution in [-0.2, 0) is 6.54 Å². The maximum atomic E-state index is 12.2. The molecule has 25 heavy (non-hydrogen) atoms. The highest BCUT2D eigenvalue weighted by Crippen LogP contribution is 2.27. The molecule has 1 fully saturated rings. The van der Waals surface area contributed by atoms with E-state index in [2.05, 4.69) is 15.6 Å². The zero-order valence-electron chi connectivity index (χ0n) is 14.2. The number of nitrogens with one attached hydrogen (secondary N) is 2. The summed E-state index contributed by atoms with van der Waals surface area (Å²) in [7, 11) is 0. The molecule has 0 radical (unpaired) electrons. The van der Waals surface area contributed by atoms with Crippen LogP contribution in [-0.4, -0.2) is 31.3 Å². The van der Waals surface area contributed by atoms with E-state index in [4.69, 9.17) is 4.74 Å². The zero-order valence-corrected chi connectivity index (χ0v) is 16.6. The van der Waals surface area contributed by atoms with Crippen molar-refractivity contribution in [3.05, 3.63) is 29.8 Å². The number of aliphatic imine (C=N–C) groups is 1. The zero-order chi connectivity index (χ0) is 17.4. The SMILES string of the molecule is CCNC(=NCc1ccccc1OC1CCC1)NCCC(F)(F)F.I. The summed E-state index contributed by atoms with van der Waals surface area (Å²) in [6, 6.07) is 7.65. The smallest absolute Gasteiger partial charge is 0.390 e. The molecule has 0 unspecified atom stereocenters. The van der Waals surface area contributed by atoms with Crippen LogP contribution in [0.3, 0.4) is 0 Å². The third-order valence-electron chi connectivity index (χ3n) is 3.77. The van der Waals surface area contributed by atoms with E-state index in [9.17, 15) is 13.2 Å². The van der Waals surface area contributed by atoms with Crippen molar-refractivity contribution in [2.24, 2.45) is 4.99 Å². The quantitative estimate of drug-likeness (QED) is 0.355. The number of hydrogen-bond acceptors (Lipinski definition) is 2. The molecule has 2 N–H and O–H groups in total. The largest absolute Gasteiger partial charge is 0.490 e. The Morgan fingerprint density at radius 3 is 2.56 bits per heavy atom. The Morgan fingerprint density at radius 2 is 1.96 bits per heavy atom. The maximum absolute atomic E-state index is 12.2. The van der Waals surface area contributed by atoms with Crippen molar-refractivity contribution in [3.63, 3.8) is 0 Å². The fourth-order valence-corrected chi connectivity index (χ4v) is 2.25. The molecule has 2 rings (SSSR count). The second-order valence-corrected chi connectivity index (χ2v) is 5.77. The number of hydrogen-bond donors (Lipinski definition) is 2. The lowest BCUT2D eigenvalue weighted by molar-refractivity contribution is -0.132. The first-order valence-corrected chi connectivity index (χ1v) is 8.31. The van der Waals surface area contributed by atoms with Gasteiger partial charge >= 0.3 is 6.18 Å². The van der Waals surface area contributed by atoms with Gasteiger partial charge < -0.3 is 15.4 Å². The molecule has 1 saturated carbocycles. The van der Waals surface area contributed by atoms with Gasteiger partial charge in [-0.3, -0.25) is 0 Å². The topological polar surface area (TPSA) is 45.7 Å². The Hall–Kier alpha value is -1.19. The molecule has 0 spiro atoms. The van der Waals surface area contributed by atoms with Crippen LogP contribution in [0.1, 0.15) is 38.2 Å². The molecule has 0 saturated heterocycles. The van der Waals surface area contributed by atoms with E-state index >= 15 is 0 Å². The maximum Gasteiger partial charge on any atom is 0.390 e. The van der Waals surface area contributed by atoms with Gasteiger partial charge in [-0.15, -0.1) is 24.0 Å². The first-order chi connectivity index (χ1) is 11.5. The van der Waals surface area contributed by atoms with Crippen LogP contribution in [0.5, 0.6) is 5.75 Å². The van der Waals surface area contributed by atoms with Crippen LogP contribution in [0.15, 0.2) is 29.3 Å². The number of alkyl halides is 3. The van der Waals surface area contributed by atoms with Gasteiger partial charge in [-0.05, 0) is 32.3 Å². The van der Waals surface area contributed by atoms with Gasteiger partial charge in [0.25, 0.3) is 0 Å². The normalized spacial score (nSPS) is 15.1. The van der Waals surface area contributed by atoms with Crippen molar-refractivity contribution in [1.82, 2.24) is 10.6 Å². The van der Waals surface area contributed by atoms with E-state index in [0.717, 1.165) is 24.2 Å². The average molecular weight is 471 g/mol. The fourth-order valence-electron chi connectivity index (χ4n) is 2.25. The van der Waals surface area contributed by atoms with Gasteiger partial charge in [-0.25, -0.2) is 4.99 Å². The van der Waals surface area contributed by atoms with Crippen LogP contribution < -0.4 is 15.4 Å². The standard InChI is InChI=1S/C17H24F3N3O.HI/c1-2-21-16(22-11-10-17(18,19)20)23-12-13-6-3-4-9-15(13)24-14-7-5-8-14;/h3-4,6,9,14H,2,5,7-8,10-12H2,1H3,(H2,21,22,23);1H. The van der Waals surface area contributed by atoms with Crippen molar-refractivity contribution in [2.75, 3.05) is 13.1 Å². The molecule has 0 bridgehead atoms. The second-order valence-electron chi connectivity index (χ2n) is 5.77. The summed E-state index contributed by atoms with van der Waals surface area (Å²) in [5, 5.41) is 5.66. The van der Waals surface area contributed by atoms with Crippen molar-refractivity contribution in [3.8, 4) is 5.75 Å². The molecular weight excluding hydrogens is 446 g/mol. The second kappa shape index (κ2) is 10.7. The molecule has 1 aliphatic rings. The summed E-state index contributed by atoms with van der Waals surface area (Å²) in [6.07, 6.45) is -1.46. The highest BCUT2D eigenvalue weighted by molar-refractivity contribution is 14.0. The first kappa shape index (κ1) is 21.9. The number of rotatable bonds is 7. The van der Waals surface area contributed by atoms with E-state index in [0.29, 0.717) is 19.0 Å². The van der Waals surface area contributed by atoms with Gasteiger partial charge in [-0.1, -0.05) is 18.2 Å². The van der Waals surface area contributed by atoms with Gasteiger partial charge in [0.15, 0.2) is 5.96 Å². The monoisotopic (exact) mass is 471 g/mol. The molecule has 1 aromatic rings. The van der Waals surface area contributed by atoms with E-state index in [1.54, 1.807) is 0 Å². The minimum atomic E-state index is -4.17. The highest BCUT2D eigenvalue weighted by Gasteiger charge is 2.26. The fraction of sp³-hybridized carbons (Fsp3) is 0.588. The number of benzene rings is 1. The number of para-hydroxylation sites is 1. The third kappa shape index (κ3) is 8.15. The van der Waals surface area contributed by atoms with E-state index in [1.165, 1.54) is 6.42 Å². The molecule has 0 heterocycles. The molecule has 4 nitrogen and oxygen atoms in total. The summed E-state index contributed by atoms with van der Waals surface area (Å²) < 4.78 is 42.7. The Kier molecular flexibility index (Phi) is 9.37. The predicted octanol–water partition coefficient (Wildman–Crippen LogP) is 4.24. The van der Waals surface area contributed by atoms with E-state index < -0.39 is 12.6 Å². The molecule has 0 atom stereocenters. The summed E-state index contributed by atoms with van der Waals surface area (Å²) >= 11 is 0. The molecule has 1 aromatic carbocycles. The average Bonchev–Trinajstić information content (AvgIpc) is 2.48. The van der Waals surface area contributed by atoms with Crippen LogP contribution in [0, 0.1) is 0 Å². The lowest BCUT2D eigenvalue weighted by atomic mass is 9.96. The molecule has 0 aliphatic heterocycles. The summed E-state index contributed by atoms with van der Waals surface area (Å²) in [6.45, 7) is 2.60. The van der Waals surface area contributed by atoms with Crippen molar-refractivity contribution in [2.45, 2.75) is 51.4 Å². The molecule has 8 heteroatoms. The van der Waals surface area contributed by atoms with Crippen LogP contribution in [0.2, 0.25) is 0 Å². The Morgan fingerprint density at radius 1 is 1.24 bits per heavy atom. The Balaban J connectivity index is 0.00000312. The van der Waals surface area contributed by atoms with Crippen LogP contribution in [0.25, 0.3) is 0 Å². The van der Waals surface area contributed by atoms with Crippen molar-refractivity contribution >= 4 is 29.9 Å². The van der Waals surface area contributed by atoms with Crippen molar-refractivity contribution < 1.29 is 17.9 Å².